The fourth-order valence-corrected chi connectivity index (χ4v) is 4.49. The van der Waals surface area contributed by atoms with E-state index in [0.29, 0.717) is 39.0 Å². The third-order valence-electron chi connectivity index (χ3n) is 5.35. The predicted molar refractivity (Wildman–Crippen MR) is 129 cm³/mol. The van der Waals surface area contributed by atoms with Crippen LogP contribution in [0.2, 0.25) is 0 Å². The Morgan fingerprint density at radius 3 is 2.53 bits per heavy atom. The van der Waals surface area contributed by atoms with E-state index in [1.54, 1.807) is 10.6 Å². The van der Waals surface area contributed by atoms with Crippen LogP contribution in [0.4, 0.5) is 4.39 Å². The van der Waals surface area contributed by atoms with Gasteiger partial charge in [0.2, 0.25) is 5.78 Å². The Kier molecular flexibility index (Phi) is 6.04. The molecule has 5 rings (SSSR count). The molecule has 5 aromatic rings. The van der Waals surface area contributed by atoms with Gasteiger partial charge in [0.05, 0.1) is 22.7 Å². The SMILES string of the molecule is Cc1ccc(-n2c(=O)c3ccccc3n3c(SCC(O)COc4ccc(F)cc4)nnc23)cc1. The number of aryl methyl sites for hydroxylation is 1. The van der Waals surface area contributed by atoms with Crippen LogP contribution >= 0.6 is 11.8 Å². The largest absolute Gasteiger partial charge is 0.491 e. The lowest BCUT2D eigenvalue weighted by molar-refractivity contribution is 0.126. The van der Waals surface area contributed by atoms with Crippen LogP contribution in [0.5, 0.6) is 5.75 Å². The maximum Gasteiger partial charge on any atom is 0.267 e. The molecule has 0 spiro atoms. The summed E-state index contributed by atoms with van der Waals surface area (Å²) in [6.45, 7) is 2.03. The van der Waals surface area contributed by atoms with Crippen LogP contribution in [0, 0.1) is 12.7 Å². The van der Waals surface area contributed by atoms with Crippen LogP contribution in [-0.4, -0.2) is 42.7 Å². The van der Waals surface area contributed by atoms with E-state index < -0.39 is 6.10 Å². The quantitative estimate of drug-likeness (QED) is 0.358. The molecule has 0 saturated heterocycles. The highest BCUT2D eigenvalue weighted by Crippen LogP contribution is 2.24. The Labute approximate surface area is 198 Å². The molecule has 2 heterocycles. The number of aromatic nitrogens is 4. The summed E-state index contributed by atoms with van der Waals surface area (Å²) < 4.78 is 21.9. The maximum absolute atomic E-state index is 13.3. The molecule has 1 unspecified atom stereocenters. The molecule has 0 fully saturated rings. The normalized spacial score (nSPS) is 12.3. The zero-order valence-corrected chi connectivity index (χ0v) is 19.1. The molecule has 7 nitrogen and oxygen atoms in total. The number of benzene rings is 3. The number of hydrogen-bond donors (Lipinski definition) is 1. The Balaban J connectivity index is 1.46. The Hall–Kier alpha value is -3.69. The van der Waals surface area contributed by atoms with Crippen molar-refractivity contribution < 1.29 is 14.2 Å². The molecule has 172 valence electrons. The first-order valence-electron chi connectivity index (χ1n) is 10.7. The minimum atomic E-state index is -0.795. The summed E-state index contributed by atoms with van der Waals surface area (Å²) in [6.07, 6.45) is -0.795. The minimum absolute atomic E-state index is 0.0458. The summed E-state index contributed by atoms with van der Waals surface area (Å²) in [5.41, 5.74) is 2.30. The van der Waals surface area contributed by atoms with Gasteiger partial charge in [-0.2, -0.15) is 0 Å². The van der Waals surface area contributed by atoms with Crippen molar-refractivity contribution in [3.63, 3.8) is 0 Å². The molecule has 1 N–H and O–H groups in total. The lowest BCUT2D eigenvalue weighted by Gasteiger charge is -2.13. The van der Waals surface area contributed by atoms with Gasteiger partial charge in [0.25, 0.3) is 5.56 Å². The van der Waals surface area contributed by atoms with Gasteiger partial charge in [-0.25, -0.2) is 8.96 Å². The number of fused-ring (bicyclic) bond motifs is 3. The molecule has 9 heteroatoms. The average Bonchev–Trinajstić information content (AvgIpc) is 3.27. The summed E-state index contributed by atoms with van der Waals surface area (Å²) in [5.74, 6) is 0.817. The number of halogens is 1. The molecule has 0 saturated carbocycles. The van der Waals surface area contributed by atoms with Crippen LogP contribution in [0.15, 0.2) is 82.7 Å². The van der Waals surface area contributed by atoms with E-state index in [1.165, 1.54) is 36.0 Å². The van der Waals surface area contributed by atoms with Gasteiger partial charge in [-0.15, -0.1) is 10.2 Å². The second-order valence-electron chi connectivity index (χ2n) is 7.84. The third kappa shape index (κ3) is 4.27. The summed E-state index contributed by atoms with van der Waals surface area (Å²) in [6, 6.07) is 20.6. The van der Waals surface area contributed by atoms with Gasteiger partial charge in [-0.1, -0.05) is 41.6 Å². The van der Waals surface area contributed by atoms with Gasteiger partial charge in [-0.3, -0.25) is 9.20 Å². The van der Waals surface area contributed by atoms with Gasteiger partial charge < -0.3 is 9.84 Å². The number of para-hydroxylation sites is 1. The van der Waals surface area contributed by atoms with E-state index in [9.17, 15) is 14.3 Å². The van der Waals surface area contributed by atoms with Crippen molar-refractivity contribution in [2.24, 2.45) is 0 Å². The lowest BCUT2D eigenvalue weighted by Crippen LogP contribution is -2.22. The van der Waals surface area contributed by atoms with Crippen molar-refractivity contribution in [3.05, 3.63) is 94.5 Å². The number of nitrogens with zero attached hydrogens (tertiary/aromatic N) is 4. The summed E-state index contributed by atoms with van der Waals surface area (Å²) in [7, 11) is 0. The number of thioether (sulfide) groups is 1. The van der Waals surface area contributed by atoms with Crippen molar-refractivity contribution >= 4 is 28.4 Å². The molecule has 0 radical (unpaired) electrons. The number of rotatable bonds is 7. The molecule has 1 atom stereocenters. The van der Waals surface area contributed by atoms with Crippen molar-refractivity contribution in [1.29, 1.82) is 0 Å². The Morgan fingerprint density at radius 1 is 1.03 bits per heavy atom. The monoisotopic (exact) mass is 476 g/mol. The molecule has 34 heavy (non-hydrogen) atoms. The first-order chi connectivity index (χ1) is 16.5. The Morgan fingerprint density at radius 2 is 1.76 bits per heavy atom. The molecule has 0 aliphatic heterocycles. The number of aliphatic hydroxyl groups is 1. The van der Waals surface area contributed by atoms with Crippen LogP contribution in [0.3, 0.4) is 0 Å². The van der Waals surface area contributed by atoms with E-state index in [-0.39, 0.29) is 18.0 Å². The zero-order valence-electron chi connectivity index (χ0n) is 18.3. The minimum Gasteiger partial charge on any atom is -0.491 e. The summed E-state index contributed by atoms with van der Waals surface area (Å²) >= 11 is 1.31. The van der Waals surface area contributed by atoms with E-state index in [1.807, 2.05) is 53.8 Å². The summed E-state index contributed by atoms with van der Waals surface area (Å²) in [5, 5.41) is 20.1. The molecule has 2 aromatic heterocycles. The van der Waals surface area contributed by atoms with Gasteiger partial charge in [-0.05, 0) is 55.5 Å². The highest BCUT2D eigenvalue weighted by atomic mass is 32.2. The smallest absolute Gasteiger partial charge is 0.267 e. The van der Waals surface area contributed by atoms with Crippen molar-refractivity contribution in [1.82, 2.24) is 19.2 Å². The first-order valence-corrected chi connectivity index (χ1v) is 11.6. The van der Waals surface area contributed by atoms with E-state index in [0.717, 1.165) is 5.56 Å². The molecular formula is C25H21FN4O3S. The average molecular weight is 477 g/mol. The van der Waals surface area contributed by atoms with Gasteiger partial charge in [0, 0.05) is 5.75 Å². The second kappa shape index (κ2) is 9.28. The molecule has 0 amide bonds. The van der Waals surface area contributed by atoms with Crippen molar-refractivity contribution in [3.8, 4) is 11.4 Å². The summed E-state index contributed by atoms with van der Waals surface area (Å²) in [4.78, 5) is 13.3. The maximum atomic E-state index is 13.3. The second-order valence-corrected chi connectivity index (χ2v) is 8.83. The van der Waals surface area contributed by atoms with Crippen molar-refractivity contribution in [2.45, 2.75) is 18.2 Å². The van der Waals surface area contributed by atoms with Gasteiger partial charge >= 0.3 is 0 Å². The number of ether oxygens (including phenoxy) is 1. The number of hydrogen-bond acceptors (Lipinski definition) is 6. The van der Waals surface area contributed by atoms with Crippen molar-refractivity contribution in [2.75, 3.05) is 12.4 Å². The van der Waals surface area contributed by atoms with E-state index in [4.69, 9.17) is 4.74 Å². The highest BCUT2D eigenvalue weighted by Gasteiger charge is 2.19. The molecule has 0 bridgehead atoms. The fourth-order valence-electron chi connectivity index (χ4n) is 3.64. The molecule has 0 aliphatic carbocycles. The van der Waals surface area contributed by atoms with Crippen LogP contribution in [-0.2, 0) is 0 Å². The first kappa shape index (κ1) is 22.1. The van der Waals surface area contributed by atoms with Crippen LogP contribution < -0.4 is 10.3 Å². The van der Waals surface area contributed by atoms with Gasteiger partial charge in [0.15, 0.2) is 5.16 Å². The third-order valence-corrected chi connectivity index (χ3v) is 6.42. The predicted octanol–water partition coefficient (Wildman–Crippen LogP) is 4.01. The topological polar surface area (TPSA) is 81.7 Å². The molecule has 3 aromatic carbocycles. The van der Waals surface area contributed by atoms with Crippen LogP contribution in [0.1, 0.15) is 5.56 Å². The fraction of sp³-hybridized carbons (Fsp3) is 0.160. The standard InChI is InChI=1S/C25H21FN4O3S/c1-16-6-10-18(11-7-16)29-23(32)21-4-2-3-5-22(21)30-24(29)27-28-25(30)34-15-19(31)14-33-20-12-8-17(26)9-13-20/h2-13,19,31H,14-15H2,1H3. The van der Waals surface area contributed by atoms with E-state index in [2.05, 4.69) is 10.2 Å². The zero-order chi connectivity index (χ0) is 23.7. The van der Waals surface area contributed by atoms with Gasteiger partial charge in [0.1, 0.15) is 18.2 Å². The lowest BCUT2D eigenvalue weighted by atomic mass is 10.2. The number of aliphatic hydroxyl groups excluding tert-OH is 1. The highest BCUT2D eigenvalue weighted by molar-refractivity contribution is 7.99. The molecule has 0 aliphatic rings. The molecular weight excluding hydrogens is 455 g/mol. The Bertz CT molecular complexity index is 1510. The van der Waals surface area contributed by atoms with E-state index >= 15 is 0 Å². The van der Waals surface area contributed by atoms with Crippen LogP contribution in [0.25, 0.3) is 22.4 Å².